The van der Waals surface area contributed by atoms with Gasteiger partial charge in [-0.1, -0.05) is 78.2 Å². The molecule has 0 aliphatic carbocycles. The molecule has 0 spiro atoms. The minimum absolute atomic E-state index is 0.244. The third-order valence-corrected chi connectivity index (χ3v) is 8.85. The summed E-state index contributed by atoms with van der Waals surface area (Å²) in [5.74, 6) is -2.03. The van der Waals surface area contributed by atoms with Crippen LogP contribution in [0.2, 0.25) is 0 Å². The second-order valence-corrected chi connectivity index (χ2v) is 14.8. The van der Waals surface area contributed by atoms with Crippen molar-refractivity contribution < 1.29 is 13.2 Å². The molecule has 4 aromatic rings. The van der Waals surface area contributed by atoms with Crippen LogP contribution in [0, 0.1) is 17.5 Å². The molecular formula is C28H35F3N4S2. The first kappa shape index (κ1) is 27.9. The highest BCUT2D eigenvalue weighted by atomic mass is 32.1. The number of aromatic nitrogens is 4. The highest BCUT2D eigenvalue weighted by molar-refractivity contribution is 7.13. The van der Waals surface area contributed by atoms with E-state index in [0.717, 1.165) is 21.8 Å². The second-order valence-electron chi connectivity index (χ2n) is 13.3. The van der Waals surface area contributed by atoms with Crippen molar-refractivity contribution in [1.29, 1.82) is 0 Å². The number of nitrogens with zero attached hydrogens (tertiary/aromatic N) is 4. The number of benzene rings is 2. The number of fused-ring (bicyclic) bond motifs is 2. The average molecular weight is 549 g/mol. The Hall–Kier alpha value is -2.13. The van der Waals surface area contributed by atoms with E-state index in [4.69, 9.17) is 0 Å². The fourth-order valence-corrected chi connectivity index (χ4v) is 7.00. The highest BCUT2D eigenvalue weighted by Crippen LogP contribution is 2.46. The lowest BCUT2D eigenvalue weighted by Gasteiger charge is -2.34. The monoisotopic (exact) mass is 548 g/mol. The molecule has 0 aliphatic heterocycles. The van der Waals surface area contributed by atoms with Gasteiger partial charge in [-0.25, -0.2) is 13.2 Å². The van der Waals surface area contributed by atoms with Crippen LogP contribution in [0.25, 0.3) is 20.4 Å². The number of rotatable bonds is 5. The lowest BCUT2D eigenvalue weighted by atomic mass is 9.71. The van der Waals surface area contributed by atoms with Crippen LogP contribution in [-0.2, 0) is 21.7 Å². The molecule has 2 aromatic carbocycles. The van der Waals surface area contributed by atoms with E-state index in [0.29, 0.717) is 34.1 Å². The molecule has 0 saturated carbocycles. The highest BCUT2D eigenvalue weighted by Gasteiger charge is 2.38. The molecule has 0 aliphatic rings. The van der Waals surface area contributed by atoms with Crippen LogP contribution in [0.4, 0.5) is 13.2 Å². The topological polar surface area (TPSA) is 51.6 Å². The van der Waals surface area contributed by atoms with Gasteiger partial charge in [0, 0.05) is 16.7 Å². The van der Waals surface area contributed by atoms with Gasteiger partial charge in [0.15, 0.2) is 11.6 Å². The number of halogens is 3. The van der Waals surface area contributed by atoms with E-state index >= 15 is 13.2 Å². The van der Waals surface area contributed by atoms with Crippen molar-refractivity contribution >= 4 is 43.5 Å². The summed E-state index contributed by atoms with van der Waals surface area (Å²) in [4.78, 5) is 0. The molecule has 2 aromatic heterocycles. The molecule has 200 valence electrons. The van der Waals surface area contributed by atoms with Gasteiger partial charge in [0.1, 0.15) is 16.9 Å². The van der Waals surface area contributed by atoms with Crippen LogP contribution in [0.5, 0.6) is 0 Å². The first-order valence-corrected chi connectivity index (χ1v) is 14.0. The predicted molar refractivity (Wildman–Crippen MR) is 147 cm³/mol. The quantitative estimate of drug-likeness (QED) is 0.250. The van der Waals surface area contributed by atoms with Gasteiger partial charge >= 0.3 is 0 Å². The van der Waals surface area contributed by atoms with Gasteiger partial charge in [0.25, 0.3) is 0 Å². The molecule has 0 bridgehead atoms. The van der Waals surface area contributed by atoms with Crippen molar-refractivity contribution in [2.45, 2.75) is 104 Å². The summed E-state index contributed by atoms with van der Waals surface area (Å²) in [6.45, 7) is 19.4. The van der Waals surface area contributed by atoms with Gasteiger partial charge < -0.3 is 0 Å². The van der Waals surface area contributed by atoms with Crippen LogP contribution < -0.4 is 0 Å². The average Bonchev–Trinajstić information content (AvgIpc) is 3.40. The van der Waals surface area contributed by atoms with Gasteiger partial charge in [0.2, 0.25) is 0 Å². The van der Waals surface area contributed by atoms with E-state index in [1.54, 1.807) is 6.07 Å². The van der Waals surface area contributed by atoms with Gasteiger partial charge in [-0.15, -0.1) is 10.2 Å². The third kappa shape index (κ3) is 4.78. The number of hydrogen-bond donors (Lipinski definition) is 0. The maximum atomic E-state index is 15.7. The molecule has 0 N–H and O–H groups in total. The minimum atomic E-state index is -0.867. The largest absolute Gasteiger partial charge is 0.207 e. The zero-order chi connectivity index (χ0) is 27.7. The zero-order valence-electron chi connectivity index (χ0n) is 23.2. The molecule has 0 radical (unpaired) electrons. The Kier molecular flexibility index (Phi) is 6.76. The predicted octanol–water partition coefficient (Wildman–Crippen LogP) is 8.74. The maximum absolute atomic E-state index is 15.7. The fraction of sp³-hybridized carbons (Fsp3) is 0.571. The van der Waals surface area contributed by atoms with Gasteiger partial charge in [-0.3, -0.25) is 0 Å². The first-order valence-electron chi connectivity index (χ1n) is 12.5. The normalized spacial score (nSPS) is 13.8. The molecule has 0 unspecified atom stereocenters. The van der Waals surface area contributed by atoms with E-state index in [1.807, 2.05) is 69.2 Å². The molecular weight excluding hydrogens is 513 g/mol. The van der Waals surface area contributed by atoms with E-state index in [1.165, 1.54) is 11.5 Å². The Morgan fingerprint density at radius 2 is 1.08 bits per heavy atom. The van der Waals surface area contributed by atoms with E-state index in [9.17, 15) is 0 Å². The van der Waals surface area contributed by atoms with Gasteiger partial charge in [-0.05, 0) is 69.2 Å². The summed E-state index contributed by atoms with van der Waals surface area (Å²) in [7, 11) is 0. The molecule has 0 fully saturated rings. The fourth-order valence-electron chi connectivity index (χ4n) is 5.21. The summed E-state index contributed by atoms with van der Waals surface area (Å²) >= 11 is 2.37. The lowest BCUT2D eigenvalue weighted by Crippen LogP contribution is -2.28. The summed E-state index contributed by atoms with van der Waals surface area (Å²) in [6.07, 6.45) is 1.01. The summed E-state index contributed by atoms with van der Waals surface area (Å²) < 4.78 is 56.5. The molecule has 37 heavy (non-hydrogen) atoms. The second kappa shape index (κ2) is 8.97. The van der Waals surface area contributed by atoms with E-state index in [-0.39, 0.29) is 22.4 Å². The SMILES string of the molecule is CC(C)(C)c1c(F)c(F)c(C(C)(C)CCC(C)(C)c2c(F)cc(C(C)(C)C)c3snnc23)c2snnc12. The van der Waals surface area contributed by atoms with Crippen LogP contribution in [0.1, 0.15) is 104 Å². The van der Waals surface area contributed by atoms with Crippen molar-refractivity contribution in [2.75, 3.05) is 0 Å². The zero-order valence-corrected chi connectivity index (χ0v) is 24.9. The smallest absolute Gasteiger partial charge is 0.165 e. The van der Waals surface area contributed by atoms with Crippen molar-refractivity contribution in [3.8, 4) is 0 Å². The van der Waals surface area contributed by atoms with Crippen LogP contribution in [0.3, 0.4) is 0 Å². The minimum Gasteiger partial charge on any atom is -0.207 e. The summed E-state index contributed by atoms with van der Waals surface area (Å²) in [5.41, 5.74) is 0.641. The standard InChI is InChI=1S/C28H35F3N4S2/c1-25(2,3)14-13-15(29)16(21-23(14)36-34-32-21)27(7,8)11-12-28(9,10)18-20(31)19(30)17(26(4,5)6)22-24(18)37-35-33-22/h13H,11-12H2,1-10H3. The van der Waals surface area contributed by atoms with Gasteiger partial charge in [-0.2, -0.15) is 0 Å². The molecule has 0 saturated heterocycles. The Labute approximate surface area is 225 Å². The van der Waals surface area contributed by atoms with Crippen LogP contribution in [-0.4, -0.2) is 19.2 Å². The summed E-state index contributed by atoms with van der Waals surface area (Å²) in [6, 6.07) is 1.61. The molecule has 4 nitrogen and oxygen atoms in total. The Morgan fingerprint density at radius 3 is 1.59 bits per heavy atom. The lowest BCUT2D eigenvalue weighted by molar-refractivity contribution is 0.355. The molecule has 9 heteroatoms. The maximum Gasteiger partial charge on any atom is 0.165 e. The van der Waals surface area contributed by atoms with Gasteiger partial charge in [0.05, 0.1) is 9.40 Å². The Morgan fingerprint density at radius 1 is 0.622 bits per heavy atom. The molecule has 0 amide bonds. The first-order chi connectivity index (χ1) is 16.9. The van der Waals surface area contributed by atoms with Crippen LogP contribution in [0.15, 0.2) is 6.07 Å². The van der Waals surface area contributed by atoms with E-state index in [2.05, 4.69) is 19.2 Å². The van der Waals surface area contributed by atoms with Crippen molar-refractivity contribution in [2.24, 2.45) is 0 Å². The Balaban J connectivity index is 1.77. The van der Waals surface area contributed by atoms with Crippen molar-refractivity contribution in [3.63, 3.8) is 0 Å². The third-order valence-electron chi connectivity index (χ3n) is 7.35. The Bertz CT molecular complexity index is 1490. The molecule has 4 rings (SSSR count). The summed E-state index contributed by atoms with van der Waals surface area (Å²) in [5, 5.41) is 8.50. The number of hydrogen-bond acceptors (Lipinski definition) is 6. The van der Waals surface area contributed by atoms with Crippen molar-refractivity contribution in [3.05, 3.63) is 45.8 Å². The van der Waals surface area contributed by atoms with Crippen molar-refractivity contribution in [1.82, 2.24) is 19.2 Å². The van der Waals surface area contributed by atoms with E-state index < -0.39 is 27.9 Å². The molecule has 2 heterocycles. The molecule has 0 atom stereocenters. The van der Waals surface area contributed by atoms with Crippen LogP contribution >= 0.6 is 23.1 Å².